The van der Waals surface area contributed by atoms with E-state index in [1.807, 2.05) is 24.3 Å². The van der Waals surface area contributed by atoms with Crippen molar-refractivity contribution < 1.29 is 13.8 Å². The predicted molar refractivity (Wildman–Crippen MR) is 100 cm³/mol. The summed E-state index contributed by atoms with van der Waals surface area (Å²) in [5, 5.41) is 16.8. The van der Waals surface area contributed by atoms with Crippen LogP contribution in [-0.2, 0) is 0 Å². The molecule has 0 spiro atoms. The molecule has 0 bridgehead atoms. The number of furan rings is 1. The van der Waals surface area contributed by atoms with Gasteiger partial charge in [-0.3, -0.25) is 15.1 Å². The van der Waals surface area contributed by atoms with Crippen molar-refractivity contribution in [2.45, 2.75) is 18.8 Å². The zero-order valence-electron chi connectivity index (χ0n) is 14.8. The molecule has 0 saturated carbocycles. The maximum absolute atomic E-state index is 11.1. The van der Waals surface area contributed by atoms with Crippen molar-refractivity contribution in [1.29, 1.82) is 0 Å². The topological polar surface area (TPSA) is 131 Å². The summed E-state index contributed by atoms with van der Waals surface area (Å²) in [6.45, 7) is 1.67. The van der Waals surface area contributed by atoms with Gasteiger partial charge in [0.2, 0.25) is 5.89 Å². The van der Waals surface area contributed by atoms with Gasteiger partial charge in [-0.2, -0.15) is 0 Å². The summed E-state index contributed by atoms with van der Waals surface area (Å²) in [6, 6.07) is 10.5. The fraction of sp³-hybridized carbons (Fsp3) is 0.278. The third-order valence-corrected chi connectivity index (χ3v) is 4.65. The number of nitrogens with zero attached hydrogens (tertiary/aromatic N) is 4. The Labute approximate surface area is 158 Å². The number of aliphatic imine (C=N–C) groups is 1. The van der Waals surface area contributed by atoms with Crippen LogP contribution in [0.25, 0.3) is 0 Å². The molecule has 0 radical (unpaired) electrons. The highest BCUT2D eigenvalue weighted by atomic mass is 16.6. The Morgan fingerprint density at radius 1 is 1.18 bits per heavy atom. The van der Waals surface area contributed by atoms with Crippen LogP contribution in [0, 0.1) is 10.1 Å². The smallest absolute Gasteiger partial charge is 0.400 e. The summed E-state index contributed by atoms with van der Waals surface area (Å²) in [5.41, 5.74) is 1.80. The number of benzene rings is 1. The number of H-pyrrole nitrogens is 1. The molecule has 1 saturated heterocycles. The SMILES string of the molecule is O=c1[nH]nc(C2CCN(c3ccc(/N=C/c4ccc([N+](=O)[O-])o4)cc3)CC2)o1. The molecule has 4 rings (SSSR count). The van der Waals surface area contributed by atoms with Gasteiger partial charge in [-0.05, 0) is 43.2 Å². The van der Waals surface area contributed by atoms with Gasteiger partial charge in [0, 0.05) is 24.7 Å². The van der Waals surface area contributed by atoms with Gasteiger partial charge in [0.25, 0.3) is 0 Å². The molecule has 1 aliphatic heterocycles. The second-order valence-electron chi connectivity index (χ2n) is 6.42. The van der Waals surface area contributed by atoms with Gasteiger partial charge in [0.1, 0.15) is 4.92 Å². The molecular weight excluding hydrogens is 366 g/mol. The van der Waals surface area contributed by atoms with E-state index < -0.39 is 10.7 Å². The van der Waals surface area contributed by atoms with Crippen LogP contribution in [0.2, 0.25) is 0 Å². The first-order chi connectivity index (χ1) is 13.6. The van der Waals surface area contributed by atoms with Crippen LogP contribution in [0.3, 0.4) is 0 Å². The van der Waals surface area contributed by atoms with Gasteiger partial charge in [-0.15, -0.1) is 5.10 Å². The van der Waals surface area contributed by atoms with Crippen molar-refractivity contribution in [1.82, 2.24) is 10.2 Å². The van der Waals surface area contributed by atoms with Crippen molar-refractivity contribution in [3.63, 3.8) is 0 Å². The molecule has 0 amide bonds. The number of hydrogen-bond donors (Lipinski definition) is 1. The van der Waals surface area contributed by atoms with Crippen molar-refractivity contribution in [3.8, 4) is 0 Å². The first-order valence-electron chi connectivity index (χ1n) is 8.77. The molecule has 0 atom stereocenters. The van der Waals surface area contributed by atoms with Crippen molar-refractivity contribution in [2.75, 3.05) is 18.0 Å². The number of anilines is 1. The number of rotatable bonds is 5. The van der Waals surface area contributed by atoms with E-state index in [9.17, 15) is 14.9 Å². The summed E-state index contributed by atoms with van der Waals surface area (Å²) >= 11 is 0. The van der Waals surface area contributed by atoms with Gasteiger partial charge in [-0.25, -0.2) is 9.89 Å². The Bertz CT molecular complexity index is 1040. The molecule has 0 unspecified atom stereocenters. The summed E-state index contributed by atoms with van der Waals surface area (Å²) in [4.78, 5) is 27.6. The maximum Gasteiger partial charge on any atom is 0.434 e. The molecule has 3 heterocycles. The minimum absolute atomic E-state index is 0.149. The van der Waals surface area contributed by atoms with Crippen LogP contribution in [0.15, 0.2) is 55.0 Å². The van der Waals surface area contributed by atoms with E-state index in [2.05, 4.69) is 20.1 Å². The molecule has 144 valence electrons. The zero-order valence-corrected chi connectivity index (χ0v) is 14.8. The number of piperidine rings is 1. The lowest BCUT2D eigenvalue weighted by Crippen LogP contribution is -2.32. The first kappa shape index (κ1) is 17.7. The van der Waals surface area contributed by atoms with Crippen LogP contribution >= 0.6 is 0 Å². The Morgan fingerprint density at radius 3 is 2.54 bits per heavy atom. The lowest BCUT2D eigenvalue weighted by Gasteiger charge is -2.32. The number of hydrogen-bond acceptors (Lipinski definition) is 8. The fourth-order valence-corrected chi connectivity index (χ4v) is 3.20. The van der Waals surface area contributed by atoms with E-state index >= 15 is 0 Å². The Kier molecular flexibility index (Phi) is 4.75. The van der Waals surface area contributed by atoms with E-state index in [1.54, 1.807) is 0 Å². The Balaban J connectivity index is 1.36. The number of aromatic amines is 1. The van der Waals surface area contributed by atoms with Gasteiger partial charge in [-0.1, -0.05) is 0 Å². The first-order valence-corrected chi connectivity index (χ1v) is 8.77. The fourth-order valence-electron chi connectivity index (χ4n) is 3.20. The van der Waals surface area contributed by atoms with Crippen LogP contribution in [-0.4, -0.2) is 34.4 Å². The van der Waals surface area contributed by atoms with Crippen LogP contribution in [0.4, 0.5) is 17.3 Å². The molecule has 1 aromatic carbocycles. The van der Waals surface area contributed by atoms with Crippen LogP contribution in [0.5, 0.6) is 0 Å². The minimum atomic E-state index is -0.588. The molecule has 3 aromatic rings. The lowest BCUT2D eigenvalue weighted by molar-refractivity contribution is -0.402. The highest BCUT2D eigenvalue weighted by molar-refractivity contribution is 5.79. The second kappa shape index (κ2) is 7.51. The van der Waals surface area contributed by atoms with E-state index in [4.69, 9.17) is 8.83 Å². The van der Waals surface area contributed by atoms with Crippen molar-refractivity contribution in [3.05, 3.63) is 68.7 Å². The van der Waals surface area contributed by atoms with Crippen molar-refractivity contribution in [2.24, 2.45) is 4.99 Å². The Morgan fingerprint density at radius 2 is 1.93 bits per heavy atom. The average molecular weight is 383 g/mol. The molecule has 1 fully saturated rings. The van der Waals surface area contributed by atoms with Crippen molar-refractivity contribution >= 4 is 23.5 Å². The maximum atomic E-state index is 11.1. The summed E-state index contributed by atoms with van der Waals surface area (Å²) in [7, 11) is 0. The molecule has 10 nitrogen and oxygen atoms in total. The van der Waals surface area contributed by atoms with E-state index in [0.29, 0.717) is 11.7 Å². The summed E-state index contributed by atoms with van der Waals surface area (Å²) in [5.74, 6) is 0.124. The molecule has 1 aliphatic rings. The molecule has 1 N–H and O–H groups in total. The molecule has 2 aromatic heterocycles. The van der Waals surface area contributed by atoms with Crippen LogP contribution < -0.4 is 10.7 Å². The largest absolute Gasteiger partial charge is 0.434 e. The highest BCUT2D eigenvalue weighted by Crippen LogP contribution is 2.29. The van der Waals surface area contributed by atoms with Crippen LogP contribution in [0.1, 0.15) is 30.4 Å². The standard InChI is InChI=1S/C18H17N5O5/c24-18-21-20-17(28-18)12-7-9-22(10-8-12)14-3-1-13(2-4-14)19-11-15-5-6-16(27-15)23(25)26/h1-6,11-12H,7-10H2,(H,21,24)/b19-11+. The number of aromatic nitrogens is 2. The lowest BCUT2D eigenvalue weighted by atomic mass is 9.96. The minimum Gasteiger partial charge on any atom is -0.400 e. The van der Waals surface area contributed by atoms with E-state index in [0.717, 1.165) is 37.3 Å². The highest BCUT2D eigenvalue weighted by Gasteiger charge is 2.24. The molecule has 28 heavy (non-hydrogen) atoms. The predicted octanol–water partition coefficient (Wildman–Crippen LogP) is 3.00. The van der Waals surface area contributed by atoms with Gasteiger partial charge in [0.05, 0.1) is 18.0 Å². The summed E-state index contributed by atoms with van der Waals surface area (Å²) in [6.07, 6.45) is 3.15. The van der Waals surface area contributed by atoms with Gasteiger partial charge >= 0.3 is 11.6 Å². The summed E-state index contributed by atoms with van der Waals surface area (Å²) < 4.78 is 10.1. The van der Waals surface area contributed by atoms with Gasteiger partial charge in [0.15, 0.2) is 5.76 Å². The monoisotopic (exact) mass is 383 g/mol. The zero-order chi connectivity index (χ0) is 19.5. The van der Waals surface area contributed by atoms with E-state index in [-0.39, 0.29) is 11.8 Å². The van der Waals surface area contributed by atoms with E-state index in [1.165, 1.54) is 18.3 Å². The normalized spacial score (nSPS) is 15.4. The molecule has 10 heteroatoms. The molecular formula is C18H17N5O5. The third kappa shape index (κ3) is 3.85. The quantitative estimate of drug-likeness (QED) is 0.407. The average Bonchev–Trinajstić information content (AvgIpc) is 3.36. The number of nitro groups is 1. The second-order valence-corrected chi connectivity index (χ2v) is 6.42. The molecule has 0 aliphatic carbocycles. The third-order valence-electron chi connectivity index (χ3n) is 4.65. The van der Waals surface area contributed by atoms with Gasteiger partial charge < -0.3 is 13.7 Å². The number of nitrogens with one attached hydrogen (secondary N) is 1. The Hall–Kier alpha value is -3.69.